The summed E-state index contributed by atoms with van der Waals surface area (Å²) in [6.45, 7) is 10.6. The van der Waals surface area contributed by atoms with Crippen molar-refractivity contribution in [2.45, 2.75) is 284 Å². The SMILES string of the molecule is CCCCC/C=C\C/C=C\CCCCCCCC(=O)OCC(COC(=O)CCCCCCC/C=C\C/C=C\CCCCC)OC(=O)CCCC(CCCCCCCCCCCC)OC(=O)NCCN(C)CC. The van der Waals surface area contributed by atoms with Crippen molar-refractivity contribution in [3.63, 3.8) is 0 Å². The Balaban J connectivity index is 5.03. The fourth-order valence-corrected chi connectivity index (χ4v) is 8.33. The number of rotatable bonds is 53. The number of unbranched alkanes of at least 4 members (excludes halogenated alkanes) is 25. The van der Waals surface area contributed by atoms with Gasteiger partial charge in [-0.2, -0.15) is 0 Å². The van der Waals surface area contributed by atoms with Gasteiger partial charge in [-0.05, 0) is 116 Å². The van der Waals surface area contributed by atoms with Gasteiger partial charge in [0.25, 0.3) is 0 Å². The molecule has 418 valence electrons. The van der Waals surface area contributed by atoms with Crippen LogP contribution in [0.25, 0.3) is 0 Å². The Morgan fingerprint density at radius 1 is 0.417 bits per heavy atom. The first-order chi connectivity index (χ1) is 35.2. The minimum atomic E-state index is -0.898. The molecule has 0 aliphatic heterocycles. The molecule has 0 heterocycles. The van der Waals surface area contributed by atoms with Crippen LogP contribution < -0.4 is 5.32 Å². The summed E-state index contributed by atoms with van der Waals surface area (Å²) >= 11 is 0. The summed E-state index contributed by atoms with van der Waals surface area (Å²) in [5.74, 6) is -1.14. The highest BCUT2D eigenvalue weighted by Gasteiger charge is 2.21. The van der Waals surface area contributed by atoms with Crippen molar-refractivity contribution in [3.05, 3.63) is 48.6 Å². The Kier molecular flexibility index (Phi) is 52.7. The minimum Gasteiger partial charge on any atom is -0.462 e. The lowest BCUT2D eigenvalue weighted by atomic mass is 10.0. The van der Waals surface area contributed by atoms with Gasteiger partial charge in [-0.25, -0.2) is 4.79 Å². The van der Waals surface area contributed by atoms with Gasteiger partial charge in [-0.1, -0.05) is 198 Å². The molecule has 72 heavy (non-hydrogen) atoms. The molecular formula is C62H112N2O8. The summed E-state index contributed by atoms with van der Waals surface area (Å²) < 4.78 is 22.9. The third kappa shape index (κ3) is 51.5. The third-order valence-electron chi connectivity index (χ3n) is 13.2. The largest absolute Gasteiger partial charge is 0.462 e. The van der Waals surface area contributed by atoms with Gasteiger partial charge < -0.3 is 29.2 Å². The monoisotopic (exact) mass is 1010 g/mol. The molecule has 0 aromatic heterocycles. The van der Waals surface area contributed by atoms with Crippen molar-refractivity contribution < 1.29 is 38.1 Å². The molecule has 0 rings (SSSR count). The number of nitrogens with one attached hydrogen (secondary N) is 1. The van der Waals surface area contributed by atoms with Gasteiger partial charge in [0.2, 0.25) is 0 Å². The highest BCUT2D eigenvalue weighted by atomic mass is 16.6. The molecule has 0 radical (unpaired) electrons. The summed E-state index contributed by atoms with van der Waals surface area (Å²) in [5.41, 5.74) is 0. The number of esters is 3. The highest BCUT2D eigenvalue weighted by Crippen LogP contribution is 2.18. The van der Waals surface area contributed by atoms with Crippen LogP contribution in [-0.2, 0) is 33.3 Å². The zero-order valence-electron chi connectivity index (χ0n) is 47.4. The topological polar surface area (TPSA) is 120 Å². The van der Waals surface area contributed by atoms with Crippen LogP contribution in [0.1, 0.15) is 272 Å². The Morgan fingerprint density at radius 3 is 1.25 bits per heavy atom. The van der Waals surface area contributed by atoms with Crippen LogP contribution >= 0.6 is 0 Å². The van der Waals surface area contributed by atoms with Crippen LogP contribution in [-0.4, -0.2) is 81.0 Å². The number of likely N-dealkylation sites (N-methyl/N-ethyl adjacent to an activating group) is 1. The van der Waals surface area contributed by atoms with E-state index in [0.717, 1.165) is 122 Å². The van der Waals surface area contributed by atoms with Gasteiger partial charge in [0, 0.05) is 32.4 Å². The van der Waals surface area contributed by atoms with Crippen molar-refractivity contribution in [2.75, 3.05) is 39.9 Å². The lowest BCUT2D eigenvalue weighted by Crippen LogP contribution is -2.35. The number of alkyl carbamates (subject to hydrolysis) is 1. The van der Waals surface area contributed by atoms with Crippen molar-refractivity contribution in [2.24, 2.45) is 0 Å². The zero-order valence-corrected chi connectivity index (χ0v) is 47.4. The van der Waals surface area contributed by atoms with Crippen molar-refractivity contribution in [1.82, 2.24) is 10.2 Å². The van der Waals surface area contributed by atoms with Crippen LogP contribution in [0.3, 0.4) is 0 Å². The molecule has 0 aliphatic rings. The Hall–Kier alpha value is -3.40. The molecule has 1 N–H and O–H groups in total. The van der Waals surface area contributed by atoms with Gasteiger partial charge in [0.05, 0.1) is 0 Å². The number of carbonyl (C=O) groups is 4. The van der Waals surface area contributed by atoms with Crippen LogP contribution in [0.4, 0.5) is 4.79 Å². The smallest absolute Gasteiger partial charge is 0.407 e. The van der Waals surface area contributed by atoms with E-state index in [1.54, 1.807) is 0 Å². The number of hydrogen-bond acceptors (Lipinski definition) is 9. The number of nitrogens with zero attached hydrogens (tertiary/aromatic N) is 1. The fourth-order valence-electron chi connectivity index (χ4n) is 8.33. The van der Waals surface area contributed by atoms with Gasteiger partial charge >= 0.3 is 24.0 Å². The second kappa shape index (κ2) is 55.4. The standard InChI is InChI=1S/C62H112N2O8/c1-6-10-13-16-19-22-25-27-29-31-33-36-39-42-45-50-59(65)69-55-58(56-70-60(66)51-46-43-40-37-34-32-30-28-26-23-20-17-14-11-7-2)71-61(67)52-47-49-57(72-62(68)63-53-54-64(5)9-4)48-44-41-38-35-24-21-18-15-12-8-3/h19-20,22-23,27-30,57-58H,6-18,21,24-26,31-56H2,1-5H3,(H,63,68)/b22-19-,23-20-,29-27-,30-28-. The Morgan fingerprint density at radius 2 is 0.792 bits per heavy atom. The first-order valence-corrected chi connectivity index (χ1v) is 30.0. The van der Waals surface area contributed by atoms with Crippen LogP contribution in [0.5, 0.6) is 0 Å². The average molecular weight is 1010 g/mol. The maximum atomic E-state index is 13.2. The van der Waals surface area contributed by atoms with Gasteiger partial charge in [-0.3, -0.25) is 14.4 Å². The van der Waals surface area contributed by atoms with Gasteiger partial charge in [0.1, 0.15) is 19.3 Å². The lowest BCUT2D eigenvalue weighted by Gasteiger charge is -2.20. The summed E-state index contributed by atoms with van der Waals surface area (Å²) in [7, 11) is 2.01. The van der Waals surface area contributed by atoms with Crippen LogP contribution in [0.2, 0.25) is 0 Å². The number of allylic oxidation sites excluding steroid dienone is 8. The maximum Gasteiger partial charge on any atom is 0.407 e. The molecule has 0 saturated carbocycles. The second-order valence-electron chi connectivity index (χ2n) is 20.2. The van der Waals surface area contributed by atoms with E-state index in [4.69, 9.17) is 18.9 Å². The molecule has 0 aromatic rings. The molecule has 1 unspecified atom stereocenters. The fraction of sp³-hybridized carbons (Fsp3) is 0.806. The summed E-state index contributed by atoms with van der Waals surface area (Å²) in [5, 5.41) is 2.88. The third-order valence-corrected chi connectivity index (χ3v) is 13.2. The molecule has 0 fully saturated rings. The lowest BCUT2D eigenvalue weighted by molar-refractivity contribution is -0.167. The quantitative estimate of drug-likeness (QED) is 0.0275. The molecule has 0 saturated heterocycles. The van der Waals surface area contributed by atoms with Gasteiger partial charge in [-0.15, -0.1) is 0 Å². The molecular weight excluding hydrogens is 901 g/mol. The van der Waals surface area contributed by atoms with E-state index in [0.29, 0.717) is 32.2 Å². The summed E-state index contributed by atoms with van der Waals surface area (Å²) in [6.07, 6.45) is 55.4. The molecule has 0 spiro atoms. The Bertz CT molecular complexity index is 1300. The molecule has 1 amide bonds. The van der Waals surface area contributed by atoms with Crippen LogP contribution in [0.15, 0.2) is 48.6 Å². The normalized spacial score (nSPS) is 12.3. The second-order valence-corrected chi connectivity index (χ2v) is 20.2. The predicted molar refractivity (Wildman–Crippen MR) is 302 cm³/mol. The Labute approximate surface area is 443 Å². The van der Waals surface area contributed by atoms with Crippen molar-refractivity contribution >= 4 is 24.0 Å². The summed E-state index contributed by atoms with van der Waals surface area (Å²) in [6, 6.07) is 0. The van der Waals surface area contributed by atoms with E-state index in [1.807, 2.05) is 7.05 Å². The van der Waals surface area contributed by atoms with Gasteiger partial charge in [0.15, 0.2) is 6.10 Å². The predicted octanol–water partition coefficient (Wildman–Crippen LogP) is 17.1. The number of hydrogen-bond donors (Lipinski definition) is 1. The molecule has 1 atom stereocenters. The van der Waals surface area contributed by atoms with E-state index < -0.39 is 18.2 Å². The van der Waals surface area contributed by atoms with Crippen molar-refractivity contribution in [1.29, 1.82) is 0 Å². The van der Waals surface area contributed by atoms with E-state index >= 15 is 0 Å². The van der Waals surface area contributed by atoms with E-state index in [2.05, 4.69) is 86.5 Å². The number of amides is 1. The van der Waals surface area contributed by atoms with E-state index in [9.17, 15) is 19.2 Å². The first-order valence-electron chi connectivity index (χ1n) is 30.0. The zero-order chi connectivity index (χ0) is 52.6. The molecule has 10 nitrogen and oxygen atoms in total. The van der Waals surface area contributed by atoms with E-state index in [1.165, 1.54) is 103 Å². The molecule has 0 bridgehead atoms. The van der Waals surface area contributed by atoms with E-state index in [-0.39, 0.29) is 37.7 Å². The maximum absolute atomic E-state index is 13.2. The first kappa shape index (κ1) is 68.6. The molecule has 0 aliphatic carbocycles. The average Bonchev–Trinajstić information content (AvgIpc) is 3.37. The van der Waals surface area contributed by atoms with Crippen LogP contribution in [0, 0.1) is 0 Å². The van der Waals surface area contributed by atoms with Crippen molar-refractivity contribution in [3.8, 4) is 0 Å². The number of carbonyl (C=O) groups excluding carboxylic acids is 4. The minimum absolute atomic E-state index is 0.108. The highest BCUT2D eigenvalue weighted by molar-refractivity contribution is 5.71. The molecule has 0 aromatic carbocycles. The molecule has 10 heteroatoms. The summed E-state index contributed by atoms with van der Waals surface area (Å²) in [4.78, 5) is 53.7. The number of ether oxygens (including phenoxy) is 4.